The Hall–Kier alpha value is -0.790. The Morgan fingerprint density at radius 2 is 2.00 bits per heavy atom. The molecule has 2 heteroatoms. The van der Waals surface area contributed by atoms with Crippen LogP contribution < -0.4 is 0 Å². The Kier molecular flexibility index (Phi) is 4.58. The van der Waals surface area contributed by atoms with Crippen LogP contribution in [0.2, 0.25) is 0 Å². The van der Waals surface area contributed by atoms with Crippen molar-refractivity contribution in [1.82, 2.24) is 4.90 Å². The number of likely N-dealkylation sites (tertiary alicyclic amines) is 1. The molecular weight excluding hydrogens is 160 g/mol. The summed E-state index contributed by atoms with van der Waals surface area (Å²) in [5.74, 6) is 0. The molecule has 1 aliphatic heterocycles. The van der Waals surface area contributed by atoms with E-state index in [0.29, 0.717) is 0 Å². The standard InChI is InChI=1S/C11H20N2/c1-3-11(7-8-12-2)13-9-5-4-6-10-13/h7-8H,3-6,9-10H2,1-2H3/b11-7+,12-8?. The highest BCUT2D eigenvalue weighted by atomic mass is 15.1. The summed E-state index contributed by atoms with van der Waals surface area (Å²) in [4.78, 5) is 6.48. The van der Waals surface area contributed by atoms with Crippen LogP contribution in [0.5, 0.6) is 0 Å². The summed E-state index contributed by atoms with van der Waals surface area (Å²) in [5, 5.41) is 0. The highest BCUT2D eigenvalue weighted by Crippen LogP contribution is 2.16. The van der Waals surface area contributed by atoms with Gasteiger partial charge >= 0.3 is 0 Å². The monoisotopic (exact) mass is 180 g/mol. The van der Waals surface area contributed by atoms with Crippen LogP contribution in [-0.2, 0) is 0 Å². The summed E-state index contributed by atoms with van der Waals surface area (Å²) in [6, 6.07) is 0. The molecule has 2 nitrogen and oxygen atoms in total. The fourth-order valence-electron chi connectivity index (χ4n) is 1.79. The van der Waals surface area contributed by atoms with Crippen molar-refractivity contribution in [3.63, 3.8) is 0 Å². The van der Waals surface area contributed by atoms with Gasteiger partial charge in [0.2, 0.25) is 0 Å². The third-order valence-electron chi connectivity index (χ3n) is 2.54. The minimum atomic E-state index is 1.12. The van der Waals surface area contributed by atoms with E-state index in [1.165, 1.54) is 38.0 Å². The Bertz CT molecular complexity index is 188. The fourth-order valence-corrected chi connectivity index (χ4v) is 1.79. The van der Waals surface area contributed by atoms with Gasteiger partial charge in [-0.05, 0) is 31.8 Å². The maximum Gasteiger partial charge on any atom is 0.0277 e. The van der Waals surface area contributed by atoms with Crippen molar-refractivity contribution < 1.29 is 0 Å². The number of rotatable bonds is 3. The van der Waals surface area contributed by atoms with Crippen LogP contribution in [0.25, 0.3) is 0 Å². The van der Waals surface area contributed by atoms with Gasteiger partial charge in [-0.3, -0.25) is 4.99 Å². The highest BCUT2D eigenvalue weighted by Gasteiger charge is 2.10. The largest absolute Gasteiger partial charge is 0.375 e. The lowest BCUT2D eigenvalue weighted by atomic mass is 10.1. The number of hydrogen-bond donors (Lipinski definition) is 0. The van der Waals surface area contributed by atoms with Crippen molar-refractivity contribution in [1.29, 1.82) is 0 Å². The van der Waals surface area contributed by atoms with Crippen molar-refractivity contribution in [2.75, 3.05) is 20.1 Å². The van der Waals surface area contributed by atoms with E-state index in [0.717, 1.165) is 6.42 Å². The molecule has 1 saturated heterocycles. The normalized spacial score (nSPS) is 19.8. The van der Waals surface area contributed by atoms with Crippen LogP contribution in [0.15, 0.2) is 16.8 Å². The van der Waals surface area contributed by atoms with Gasteiger partial charge in [0, 0.05) is 32.0 Å². The van der Waals surface area contributed by atoms with E-state index in [1.807, 2.05) is 13.3 Å². The average molecular weight is 180 g/mol. The Balaban J connectivity index is 2.53. The molecule has 1 rings (SSSR count). The topological polar surface area (TPSA) is 15.6 Å². The summed E-state index contributed by atoms with van der Waals surface area (Å²) in [6.07, 6.45) is 9.25. The second-order valence-corrected chi connectivity index (χ2v) is 3.47. The molecule has 13 heavy (non-hydrogen) atoms. The summed E-state index contributed by atoms with van der Waals surface area (Å²) >= 11 is 0. The molecule has 0 aromatic heterocycles. The summed E-state index contributed by atoms with van der Waals surface area (Å²) in [7, 11) is 1.82. The maximum absolute atomic E-state index is 3.99. The third kappa shape index (κ3) is 3.21. The number of allylic oxidation sites excluding steroid dienone is 2. The average Bonchev–Trinajstić information content (AvgIpc) is 2.21. The summed E-state index contributed by atoms with van der Waals surface area (Å²) in [6.45, 7) is 4.68. The number of aliphatic imine (C=N–C) groups is 1. The lowest BCUT2D eigenvalue weighted by molar-refractivity contribution is 0.279. The maximum atomic E-state index is 3.99. The van der Waals surface area contributed by atoms with E-state index in [1.54, 1.807) is 0 Å². The first-order chi connectivity index (χ1) is 6.38. The van der Waals surface area contributed by atoms with Crippen LogP contribution in [0, 0.1) is 0 Å². The summed E-state index contributed by atoms with van der Waals surface area (Å²) < 4.78 is 0. The molecule has 0 bridgehead atoms. The van der Waals surface area contributed by atoms with Crippen molar-refractivity contribution in [2.24, 2.45) is 4.99 Å². The molecule has 1 aliphatic rings. The van der Waals surface area contributed by atoms with Crippen LogP contribution in [-0.4, -0.2) is 31.3 Å². The van der Waals surface area contributed by atoms with E-state index >= 15 is 0 Å². The van der Waals surface area contributed by atoms with Crippen molar-refractivity contribution >= 4 is 6.21 Å². The van der Waals surface area contributed by atoms with Crippen molar-refractivity contribution in [3.05, 3.63) is 11.8 Å². The second-order valence-electron chi connectivity index (χ2n) is 3.47. The van der Waals surface area contributed by atoms with Gasteiger partial charge in [-0.1, -0.05) is 6.92 Å². The van der Waals surface area contributed by atoms with Gasteiger partial charge in [0.05, 0.1) is 0 Å². The van der Waals surface area contributed by atoms with Crippen molar-refractivity contribution in [2.45, 2.75) is 32.6 Å². The zero-order valence-electron chi connectivity index (χ0n) is 8.79. The van der Waals surface area contributed by atoms with Gasteiger partial charge in [0.1, 0.15) is 0 Å². The molecule has 0 spiro atoms. The summed E-state index contributed by atoms with van der Waals surface area (Å²) in [5.41, 5.74) is 1.44. The lowest BCUT2D eigenvalue weighted by Crippen LogP contribution is -2.28. The van der Waals surface area contributed by atoms with E-state index in [-0.39, 0.29) is 0 Å². The quantitative estimate of drug-likeness (QED) is 0.609. The van der Waals surface area contributed by atoms with Crippen LogP contribution in [0.4, 0.5) is 0 Å². The van der Waals surface area contributed by atoms with E-state index in [9.17, 15) is 0 Å². The molecule has 0 atom stereocenters. The molecule has 1 fully saturated rings. The molecule has 1 heterocycles. The zero-order valence-corrected chi connectivity index (χ0v) is 8.79. The molecule has 0 saturated carbocycles. The smallest absolute Gasteiger partial charge is 0.0277 e. The minimum Gasteiger partial charge on any atom is -0.375 e. The molecule has 0 aliphatic carbocycles. The number of nitrogens with zero attached hydrogens (tertiary/aromatic N) is 2. The van der Waals surface area contributed by atoms with Gasteiger partial charge in [-0.15, -0.1) is 0 Å². The molecule has 0 aromatic rings. The first kappa shape index (κ1) is 10.3. The molecule has 0 amide bonds. The number of piperidine rings is 1. The highest BCUT2D eigenvalue weighted by molar-refractivity contribution is 5.71. The van der Waals surface area contributed by atoms with E-state index < -0.39 is 0 Å². The van der Waals surface area contributed by atoms with E-state index in [2.05, 4.69) is 22.9 Å². The molecule has 0 radical (unpaired) electrons. The van der Waals surface area contributed by atoms with Gasteiger partial charge in [0.15, 0.2) is 0 Å². The zero-order chi connectivity index (χ0) is 9.52. The minimum absolute atomic E-state index is 1.12. The second kappa shape index (κ2) is 5.79. The van der Waals surface area contributed by atoms with E-state index in [4.69, 9.17) is 0 Å². The lowest BCUT2D eigenvalue weighted by Gasteiger charge is -2.30. The molecule has 0 unspecified atom stereocenters. The SMILES string of the molecule is CC/C(=C\C=NC)N1CCCCC1. The van der Waals surface area contributed by atoms with Gasteiger partial charge < -0.3 is 4.90 Å². The molecule has 0 aromatic carbocycles. The Morgan fingerprint density at radius 3 is 2.54 bits per heavy atom. The van der Waals surface area contributed by atoms with Crippen LogP contribution in [0.1, 0.15) is 32.6 Å². The van der Waals surface area contributed by atoms with Gasteiger partial charge in [0.25, 0.3) is 0 Å². The van der Waals surface area contributed by atoms with Crippen LogP contribution >= 0.6 is 0 Å². The third-order valence-corrected chi connectivity index (χ3v) is 2.54. The molecular formula is C11H20N2. The Morgan fingerprint density at radius 1 is 1.31 bits per heavy atom. The van der Waals surface area contributed by atoms with Gasteiger partial charge in [-0.2, -0.15) is 0 Å². The number of hydrogen-bond acceptors (Lipinski definition) is 2. The van der Waals surface area contributed by atoms with Crippen molar-refractivity contribution in [3.8, 4) is 0 Å². The Labute approximate surface area is 81.3 Å². The molecule has 0 N–H and O–H groups in total. The van der Waals surface area contributed by atoms with Gasteiger partial charge in [-0.25, -0.2) is 0 Å². The predicted octanol–water partition coefficient (Wildman–Crippen LogP) is 2.47. The first-order valence-electron chi connectivity index (χ1n) is 5.24. The predicted molar refractivity (Wildman–Crippen MR) is 58.2 cm³/mol. The first-order valence-corrected chi connectivity index (χ1v) is 5.24. The fraction of sp³-hybridized carbons (Fsp3) is 0.727. The van der Waals surface area contributed by atoms with Crippen LogP contribution in [0.3, 0.4) is 0 Å². The molecule has 74 valence electrons.